The highest BCUT2D eigenvalue weighted by Crippen LogP contribution is 2.17. The number of sulfonamides is 1. The van der Waals surface area contributed by atoms with E-state index in [0.29, 0.717) is 32.1 Å². The molecule has 0 aliphatic rings. The van der Waals surface area contributed by atoms with Crippen LogP contribution in [0.3, 0.4) is 0 Å². The van der Waals surface area contributed by atoms with Crippen LogP contribution in [0.25, 0.3) is 0 Å². The molecule has 0 aliphatic heterocycles. The van der Waals surface area contributed by atoms with Crippen molar-refractivity contribution < 1.29 is 8.42 Å². The lowest BCUT2D eigenvalue weighted by Crippen LogP contribution is -2.42. The molecule has 0 atom stereocenters. The van der Waals surface area contributed by atoms with Crippen LogP contribution in [0.4, 0.5) is 0 Å². The van der Waals surface area contributed by atoms with Gasteiger partial charge in [-0.05, 0) is 25.5 Å². The fourth-order valence-electron chi connectivity index (χ4n) is 2.24. The molecule has 1 rings (SSSR count). The van der Waals surface area contributed by atoms with Crippen molar-refractivity contribution in [2.24, 2.45) is 4.99 Å². The van der Waals surface area contributed by atoms with Crippen molar-refractivity contribution in [1.82, 2.24) is 14.9 Å². The molecular formula is C16H30N4O2S2. The predicted molar refractivity (Wildman–Crippen MR) is 103 cm³/mol. The summed E-state index contributed by atoms with van der Waals surface area (Å²) in [5.41, 5.74) is 0. The van der Waals surface area contributed by atoms with Gasteiger partial charge in [0.15, 0.2) is 5.96 Å². The van der Waals surface area contributed by atoms with E-state index in [4.69, 9.17) is 0 Å². The van der Waals surface area contributed by atoms with Gasteiger partial charge in [-0.1, -0.05) is 20.8 Å². The minimum absolute atomic E-state index is 0.0675. The third-order valence-electron chi connectivity index (χ3n) is 3.55. The van der Waals surface area contributed by atoms with Crippen molar-refractivity contribution in [3.63, 3.8) is 0 Å². The minimum atomic E-state index is -3.21. The molecule has 0 unspecified atom stereocenters. The second-order valence-electron chi connectivity index (χ2n) is 5.24. The Labute approximate surface area is 150 Å². The average molecular weight is 375 g/mol. The normalized spacial score (nSPS) is 12.6. The van der Waals surface area contributed by atoms with Gasteiger partial charge < -0.3 is 10.6 Å². The molecule has 8 heteroatoms. The number of nitrogens with one attached hydrogen (secondary N) is 2. The topological polar surface area (TPSA) is 73.8 Å². The molecule has 0 spiro atoms. The highest BCUT2D eigenvalue weighted by atomic mass is 32.2. The average Bonchev–Trinajstić information content (AvgIpc) is 3.01. The minimum Gasteiger partial charge on any atom is -0.357 e. The van der Waals surface area contributed by atoms with Crippen LogP contribution in [0.1, 0.15) is 37.4 Å². The number of hydrogen-bond donors (Lipinski definition) is 2. The van der Waals surface area contributed by atoms with Crippen molar-refractivity contribution >= 4 is 27.3 Å². The first-order valence-electron chi connectivity index (χ1n) is 8.54. The zero-order chi connectivity index (χ0) is 18.0. The van der Waals surface area contributed by atoms with E-state index in [1.165, 1.54) is 14.1 Å². The Morgan fingerprint density at radius 1 is 1.12 bits per heavy atom. The summed E-state index contributed by atoms with van der Waals surface area (Å²) in [5, 5.41) is 6.26. The Morgan fingerprint density at radius 3 is 2.33 bits per heavy atom. The maximum atomic E-state index is 12.2. The SMILES string of the molecule is CCNC(=NCc1ccc(CC)s1)NCCS(=O)(=O)N(CC)CC. The van der Waals surface area contributed by atoms with E-state index in [1.807, 2.05) is 20.8 Å². The molecule has 24 heavy (non-hydrogen) atoms. The van der Waals surface area contributed by atoms with E-state index in [9.17, 15) is 8.42 Å². The fraction of sp³-hybridized carbons (Fsp3) is 0.688. The highest BCUT2D eigenvalue weighted by molar-refractivity contribution is 7.89. The van der Waals surface area contributed by atoms with Gasteiger partial charge in [-0.25, -0.2) is 17.7 Å². The zero-order valence-corrected chi connectivity index (χ0v) is 16.8. The summed E-state index contributed by atoms with van der Waals surface area (Å²) < 4.78 is 25.8. The van der Waals surface area contributed by atoms with Gasteiger partial charge in [-0.3, -0.25) is 0 Å². The van der Waals surface area contributed by atoms with Gasteiger partial charge in [0.05, 0.1) is 12.3 Å². The van der Waals surface area contributed by atoms with Gasteiger partial charge in [0.2, 0.25) is 10.0 Å². The largest absolute Gasteiger partial charge is 0.357 e. The van der Waals surface area contributed by atoms with Crippen LogP contribution < -0.4 is 10.6 Å². The van der Waals surface area contributed by atoms with Crippen LogP contribution in [0.15, 0.2) is 17.1 Å². The second kappa shape index (κ2) is 10.7. The molecule has 0 amide bonds. The molecule has 0 fully saturated rings. The number of guanidine groups is 1. The van der Waals surface area contributed by atoms with Crippen molar-refractivity contribution in [1.29, 1.82) is 0 Å². The lowest BCUT2D eigenvalue weighted by atomic mass is 10.4. The van der Waals surface area contributed by atoms with E-state index >= 15 is 0 Å². The summed E-state index contributed by atoms with van der Waals surface area (Å²) >= 11 is 1.77. The quantitative estimate of drug-likeness (QED) is 0.485. The maximum absolute atomic E-state index is 12.2. The van der Waals surface area contributed by atoms with E-state index in [-0.39, 0.29) is 5.75 Å². The molecule has 0 aromatic carbocycles. The van der Waals surface area contributed by atoms with E-state index in [0.717, 1.165) is 13.0 Å². The molecule has 0 saturated carbocycles. The van der Waals surface area contributed by atoms with Gasteiger partial charge in [-0.2, -0.15) is 0 Å². The van der Waals surface area contributed by atoms with Crippen molar-refractivity contribution in [3.8, 4) is 0 Å². The number of aryl methyl sites for hydroxylation is 1. The monoisotopic (exact) mass is 374 g/mol. The Balaban J connectivity index is 2.58. The number of nitrogens with zero attached hydrogens (tertiary/aromatic N) is 2. The lowest BCUT2D eigenvalue weighted by Gasteiger charge is -2.19. The van der Waals surface area contributed by atoms with E-state index in [2.05, 4.69) is 34.7 Å². The predicted octanol–water partition coefficient (Wildman–Crippen LogP) is 2.04. The summed E-state index contributed by atoms with van der Waals surface area (Å²) in [5.74, 6) is 0.719. The lowest BCUT2D eigenvalue weighted by molar-refractivity contribution is 0.445. The first-order chi connectivity index (χ1) is 11.5. The number of thiophene rings is 1. The summed E-state index contributed by atoms with van der Waals surface area (Å²) in [4.78, 5) is 7.09. The standard InChI is InChI=1S/C16H30N4O2S2/c1-5-14-9-10-15(23-14)13-19-16(17-6-2)18-11-12-24(21,22)20(7-3)8-4/h9-10H,5-8,11-13H2,1-4H3,(H2,17,18,19). The van der Waals surface area contributed by atoms with Crippen LogP contribution in [0.5, 0.6) is 0 Å². The highest BCUT2D eigenvalue weighted by Gasteiger charge is 2.18. The van der Waals surface area contributed by atoms with E-state index in [1.54, 1.807) is 11.3 Å². The number of hydrogen-bond acceptors (Lipinski definition) is 4. The molecule has 1 heterocycles. The number of rotatable bonds is 10. The molecule has 6 nitrogen and oxygen atoms in total. The van der Waals surface area contributed by atoms with Gasteiger partial charge in [0.25, 0.3) is 0 Å². The molecule has 1 aromatic heterocycles. The third-order valence-corrected chi connectivity index (χ3v) is 6.79. The Morgan fingerprint density at radius 2 is 1.79 bits per heavy atom. The van der Waals surface area contributed by atoms with Gasteiger partial charge >= 0.3 is 0 Å². The van der Waals surface area contributed by atoms with Crippen LogP contribution in [-0.4, -0.2) is 50.6 Å². The third kappa shape index (κ3) is 6.78. The van der Waals surface area contributed by atoms with Crippen molar-refractivity contribution in [2.75, 3.05) is 31.9 Å². The Bertz CT molecular complexity index is 607. The van der Waals surface area contributed by atoms with Gasteiger partial charge in [0.1, 0.15) is 0 Å². The molecule has 0 bridgehead atoms. The van der Waals surface area contributed by atoms with Crippen molar-refractivity contribution in [3.05, 3.63) is 21.9 Å². The van der Waals surface area contributed by atoms with Crippen LogP contribution in [0.2, 0.25) is 0 Å². The molecule has 1 aromatic rings. The fourth-order valence-corrected chi connectivity index (χ4v) is 4.53. The Kier molecular flexibility index (Phi) is 9.31. The second-order valence-corrected chi connectivity index (χ2v) is 8.59. The molecule has 0 saturated heterocycles. The Hall–Kier alpha value is -1.12. The van der Waals surface area contributed by atoms with Gasteiger partial charge in [-0.15, -0.1) is 11.3 Å². The summed E-state index contributed by atoms with van der Waals surface area (Å²) in [6.45, 7) is 10.5. The first-order valence-corrected chi connectivity index (χ1v) is 11.0. The molecule has 0 aliphatic carbocycles. The van der Waals surface area contributed by atoms with E-state index < -0.39 is 10.0 Å². The smallest absolute Gasteiger partial charge is 0.215 e. The molecule has 0 radical (unpaired) electrons. The maximum Gasteiger partial charge on any atom is 0.215 e. The van der Waals surface area contributed by atoms with Crippen LogP contribution >= 0.6 is 11.3 Å². The summed E-state index contributed by atoms with van der Waals surface area (Å²) in [6.07, 6.45) is 1.04. The summed E-state index contributed by atoms with van der Waals surface area (Å²) in [6, 6.07) is 4.23. The zero-order valence-electron chi connectivity index (χ0n) is 15.1. The molecule has 138 valence electrons. The van der Waals surface area contributed by atoms with Crippen LogP contribution in [-0.2, 0) is 23.0 Å². The summed E-state index contributed by atoms with van der Waals surface area (Å²) in [7, 11) is -3.21. The first kappa shape index (κ1) is 20.9. The molecule has 2 N–H and O–H groups in total. The van der Waals surface area contributed by atoms with Crippen LogP contribution in [0, 0.1) is 0 Å². The van der Waals surface area contributed by atoms with Crippen molar-refractivity contribution in [2.45, 2.75) is 40.7 Å². The number of aliphatic imine (C=N–C) groups is 1. The molecular weight excluding hydrogens is 344 g/mol. The van der Waals surface area contributed by atoms with Gasteiger partial charge in [0, 0.05) is 35.9 Å².